The van der Waals surface area contributed by atoms with Crippen molar-refractivity contribution < 1.29 is 31.6 Å². The van der Waals surface area contributed by atoms with Crippen molar-refractivity contribution in [1.82, 2.24) is 0 Å². The standard InChI is InChI=1S/CH4Cl2O6P2.Ca.2H/c2-1(3,10(4,5)6)11(7,8)9;;;/h(H2,4,5,6)(H2,7,8,9);;;/q;+2;2*-1. The van der Waals surface area contributed by atoms with E-state index < -0.39 is 19.0 Å². The van der Waals surface area contributed by atoms with E-state index in [1.165, 1.54) is 0 Å². The second-order valence-electron chi connectivity index (χ2n) is 1.60. The maximum atomic E-state index is 10.2. The molecule has 0 aromatic heterocycles. The Balaban J connectivity index is -0.000000167. The molecule has 0 bridgehead atoms. The molecule has 0 radical (unpaired) electrons. The van der Waals surface area contributed by atoms with Gasteiger partial charge in [0.1, 0.15) is 0 Å². The predicted molar refractivity (Wildman–Crippen MR) is 46.5 cm³/mol. The minimum atomic E-state index is -5.22. The summed E-state index contributed by atoms with van der Waals surface area (Å²) in [7, 11) is -10.4. The molecule has 0 atom stereocenters. The van der Waals surface area contributed by atoms with Crippen molar-refractivity contribution in [3.05, 3.63) is 0 Å². The van der Waals surface area contributed by atoms with Crippen molar-refractivity contribution in [3.63, 3.8) is 0 Å². The van der Waals surface area contributed by atoms with Gasteiger partial charge in [-0.3, -0.25) is 9.13 Å². The molecule has 0 aliphatic heterocycles. The zero-order valence-electron chi connectivity index (χ0n) is 7.46. The second kappa shape index (κ2) is 4.77. The summed E-state index contributed by atoms with van der Waals surface area (Å²) in [5, 5.41) is 0. The van der Waals surface area contributed by atoms with E-state index >= 15 is 0 Å². The molecule has 0 saturated carbocycles. The monoisotopic (exact) mass is 286 g/mol. The molecule has 0 aliphatic carbocycles. The van der Waals surface area contributed by atoms with E-state index in [0.717, 1.165) is 0 Å². The topological polar surface area (TPSA) is 115 Å². The van der Waals surface area contributed by atoms with Crippen LogP contribution in [0.15, 0.2) is 0 Å². The minimum absolute atomic E-state index is 0. The van der Waals surface area contributed by atoms with Crippen LogP contribution in [-0.4, -0.2) is 61.1 Å². The van der Waals surface area contributed by atoms with Gasteiger partial charge in [-0.05, 0) is 0 Å². The van der Waals surface area contributed by atoms with Crippen molar-refractivity contribution in [2.75, 3.05) is 0 Å². The quantitative estimate of drug-likeness (QED) is 0.329. The van der Waals surface area contributed by atoms with Gasteiger partial charge in [-0.25, -0.2) is 0 Å². The van der Waals surface area contributed by atoms with Gasteiger partial charge in [0.15, 0.2) is 0 Å². The van der Waals surface area contributed by atoms with Gasteiger partial charge in [0, 0.05) is 0 Å². The normalized spacial score (nSPS) is 13.8. The SMILES string of the molecule is O=P(O)(O)C(Cl)(Cl)P(=O)(O)O.[Ca+2].[H-].[H-]. The van der Waals surface area contributed by atoms with Crippen LogP contribution in [0.1, 0.15) is 2.85 Å². The third kappa shape index (κ3) is 3.71. The fourth-order valence-electron chi connectivity index (χ4n) is 0.170. The van der Waals surface area contributed by atoms with E-state index in [4.69, 9.17) is 42.8 Å². The van der Waals surface area contributed by atoms with Crippen LogP contribution in [0.25, 0.3) is 0 Å². The van der Waals surface area contributed by atoms with Gasteiger partial charge in [-0.15, -0.1) is 0 Å². The number of hydrogen-bond donors (Lipinski definition) is 4. The summed E-state index contributed by atoms with van der Waals surface area (Å²) < 4.78 is 17.1. The fraction of sp³-hybridized carbons (Fsp3) is 1.00. The average molecular weight is 287 g/mol. The molecule has 6 nitrogen and oxygen atoms in total. The number of rotatable bonds is 2. The van der Waals surface area contributed by atoms with Gasteiger partial charge in [-0.1, -0.05) is 23.2 Å². The van der Waals surface area contributed by atoms with Crippen LogP contribution in [0.2, 0.25) is 0 Å². The van der Waals surface area contributed by atoms with Gasteiger partial charge >= 0.3 is 56.7 Å². The van der Waals surface area contributed by atoms with Crippen LogP contribution in [-0.2, 0) is 9.13 Å². The van der Waals surface area contributed by atoms with Crippen molar-refractivity contribution >= 4 is 76.1 Å². The summed E-state index contributed by atoms with van der Waals surface area (Å²) in [5.41, 5.74) is 0. The van der Waals surface area contributed by atoms with Crippen molar-refractivity contribution in [2.24, 2.45) is 0 Å². The summed E-state index contributed by atoms with van der Waals surface area (Å²) in [6.07, 6.45) is 0. The number of hydrogen-bond acceptors (Lipinski definition) is 2. The number of alkyl halides is 2. The van der Waals surface area contributed by atoms with Gasteiger partial charge < -0.3 is 22.4 Å². The van der Waals surface area contributed by atoms with Gasteiger partial charge in [-0.2, -0.15) is 0 Å². The summed E-state index contributed by atoms with van der Waals surface area (Å²) in [6.45, 7) is 0. The van der Waals surface area contributed by atoms with Gasteiger partial charge in [0.05, 0.1) is 0 Å². The molecular formula is CH6CaCl2O6P2. The Kier molecular flexibility index (Phi) is 6.59. The smallest absolute Gasteiger partial charge is 1.00 e. The van der Waals surface area contributed by atoms with Crippen LogP contribution < -0.4 is 0 Å². The Labute approximate surface area is 111 Å². The zero-order valence-corrected chi connectivity index (χ0v) is 11.0. The van der Waals surface area contributed by atoms with E-state index in [0.29, 0.717) is 0 Å². The van der Waals surface area contributed by atoms with Crippen molar-refractivity contribution in [1.29, 1.82) is 0 Å². The summed E-state index contributed by atoms with van der Waals surface area (Å²) in [6, 6.07) is 0. The first-order valence-corrected chi connectivity index (χ1v) is 5.97. The van der Waals surface area contributed by atoms with Crippen LogP contribution in [0, 0.1) is 0 Å². The average Bonchev–Trinajstić information content (AvgIpc) is 1.58. The maximum Gasteiger partial charge on any atom is 2.00 e. The van der Waals surface area contributed by atoms with Crippen LogP contribution in [0.5, 0.6) is 0 Å². The van der Waals surface area contributed by atoms with E-state index in [1.807, 2.05) is 0 Å². The molecule has 0 aromatic rings. The zero-order chi connectivity index (χ0) is 9.50. The first-order chi connectivity index (χ1) is 4.50. The minimum Gasteiger partial charge on any atom is -1.00 e. The molecule has 72 valence electrons. The van der Waals surface area contributed by atoms with Crippen LogP contribution in [0.4, 0.5) is 0 Å². The Morgan fingerprint density at radius 3 is 1.17 bits per heavy atom. The third-order valence-corrected chi connectivity index (χ3v) is 6.31. The summed E-state index contributed by atoms with van der Waals surface area (Å²) in [4.78, 5) is 32.9. The van der Waals surface area contributed by atoms with E-state index in [2.05, 4.69) is 0 Å². The molecule has 0 unspecified atom stereocenters. The number of halogens is 2. The molecule has 11 heteroatoms. The Morgan fingerprint density at radius 1 is 1.00 bits per heavy atom. The van der Waals surface area contributed by atoms with E-state index in [-0.39, 0.29) is 40.6 Å². The van der Waals surface area contributed by atoms with E-state index in [9.17, 15) is 9.13 Å². The van der Waals surface area contributed by atoms with Crippen molar-refractivity contribution in [2.45, 2.75) is 3.82 Å². The third-order valence-electron chi connectivity index (χ3n) is 0.701. The van der Waals surface area contributed by atoms with Crippen molar-refractivity contribution in [3.8, 4) is 0 Å². The van der Waals surface area contributed by atoms with Gasteiger partial charge in [0.2, 0.25) is 0 Å². The molecule has 0 aliphatic rings. The molecule has 4 N–H and O–H groups in total. The Bertz CT molecular complexity index is 224. The van der Waals surface area contributed by atoms with Gasteiger partial charge in [0.25, 0.3) is 0 Å². The molecule has 0 saturated heterocycles. The van der Waals surface area contributed by atoms with E-state index in [1.54, 1.807) is 0 Å². The molecule has 0 heterocycles. The Hall–Kier alpha value is 2.14. The molecule has 0 amide bonds. The molecule has 0 spiro atoms. The largest absolute Gasteiger partial charge is 2.00 e. The van der Waals surface area contributed by atoms with Crippen LogP contribution in [0.3, 0.4) is 0 Å². The maximum absolute atomic E-state index is 10.2. The fourth-order valence-corrected chi connectivity index (χ4v) is 1.53. The Morgan fingerprint density at radius 2 is 1.17 bits per heavy atom. The molecule has 0 aromatic carbocycles. The molecule has 0 fully saturated rings. The predicted octanol–water partition coefficient (Wildman–Crippen LogP) is 0.275. The second-order valence-corrected chi connectivity index (χ2v) is 7.85. The first-order valence-electron chi connectivity index (χ1n) is 1.99. The summed E-state index contributed by atoms with van der Waals surface area (Å²) in [5.74, 6) is 0. The molecule has 12 heavy (non-hydrogen) atoms. The first kappa shape index (κ1) is 16.6. The molecule has 0 rings (SSSR count). The summed E-state index contributed by atoms with van der Waals surface area (Å²) >= 11 is 9.46. The molecular weight excluding hydrogens is 281 g/mol. The van der Waals surface area contributed by atoms with Crippen LogP contribution >= 0.6 is 38.4 Å².